The third kappa shape index (κ3) is 11.7. The van der Waals surface area contributed by atoms with E-state index < -0.39 is 6.10 Å². The van der Waals surface area contributed by atoms with Crippen LogP contribution >= 0.6 is 0 Å². The van der Waals surface area contributed by atoms with Crippen molar-refractivity contribution >= 4 is 5.78 Å². The predicted octanol–water partition coefficient (Wildman–Crippen LogP) is 5.39. The molecule has 0 aliphatic heterocycles. The molecule has 0 aliphatic carbocycles. The van der Waals surface area contributed by atoms with Crippen molar-refractivity contribution in [2.24, 2.45) is 0 Å². The second kappa shape index (κ2) is 15.3. The van der Waals surface area contributed by atoms with Gasteiger partial charge in [-0.25, -0.2) is 0 Å². The number of ketones is 1. The highest BCUT2D eigenvalue weighted by Gasteiger charge is 1.96. The minimum absolute atomic E-state index is 0.0377. The van der Waals surface area contributed by atoms with E-state index >= 15 is 0 Å². The lowest BCUT2D eigenvalue weighted by atomic mass is 10.1. The number of carbonyl (C=O) groups excluding carboxylic acids is 1. The van der Waals surface area contributed by atoms with Gasteiger partial charge in [0.25, 0.3) is 0 Å². The third-order valence-electron chi connectivity index (χ3n) is 3.87. The Morgan fingerprint density at radius 1 is 0.857 bits per heavy atom. The molecule has 146 valence electrons. The van der Waals surface area contributed by atoms with Crippen LogP contribution in [0.25, 0.3) is 0 Å². The number of benzene rings is 2. The molecule has 2 rings (SSSR count). The zero-order chi connectivity index (χ0) is 20.5. The molecule has 0 saturated heterocycles. The number of rotatable bonds is 6. The van der Waals surface area contributed by atoms with Gasteiger partial charge in [-0.15, -0.1) is 0 Å². The van der Waals surface area contributed by atoms with Crippen molar-refractivity contribution in [1.82, 2.24) is 0 Å². The summed E-state index contributed by atoms with van der Waals surface area (Å²) >= 11 is 0. The Kier molecular flexibility index (Phi) is 12.7. The average Bonchev–Trinajstić information content (AvgIpc) is 2.75. The summed E-state index contributed by atoms with van der Waals surface area (Å²) in [5.41, 5.74) is 1.86. The molecule has 2 aromatic carbocycles. The van der Waals surface area contributed by atoms with Crippen molar-refractivity contribution in [3.05, 3.63) is 71.8 Å². The Morgan fingerprint density at radius 2 is 1.39 bits per heavy atom. The molecule has 2 heteroatoms. The van der Waals surface area contributed by atoms with Crippen LogP contribution in [0.3, 0.4) is 0 Å². The standard InChI is InChI=1S/C13H16O.C13H14O/c2*1-2-3-9-13(14)11-10-12-7-5-4-6-8-12/h4-8,13-14H,2-3,9H2,1H3;4-8H,2-3,9H2,1H3. The molecule has 0 heterocycles. The van der Waals surface area contributed by atoms with Gasteiger partial charge in [0.1, 0.15) is 6.10 Å². The van der Waals surface area contributed by atoms with Gasteiger partial charge < -0.3 is 5.11 Å². The number of carbonyl (C=O) groups is 1. The quantitative estimate of drug-likeness (QED) is 0.689. The Balaban J connectivity index is 0.000000280. The van der Waals surface area contributed by atoms with Gasteiger partial charge in [0.05, 0.1) is 0 Å². The molecule has 0 radical (unpaired) electrons. The van der Waals surface area contributed by atoms with Crippen LogP contribution in [0, 0.1) is 23.7 Å². The van der Waals surface area contributed by atoms with E-state index in [0.29, 0.717) is 6.42 Å². The molecule has 0 fully saturated rings. The van der Waals surface area contributed by atoms with Crippen LogP contribution in [0.4, 0.5) is 0 Å². The summed E-state index contributed by atoms with van der Waals surface area (Å²) in [6, 6.07) is 19.3. The molecule has 28 heavy (non-hydrogen) atoms. The summed E-state index contributed by atoms with van der Waals surface area (Å²) in [5, 5.41) is 9.47. The molecule has 0 spiro atoms. The molecule has 0 aliphatic rings. The second-order valence-corrected chi connectivity index (χ2v) is 6.44. The number of hydrogen-bond donors (Lipinski definition) is 1. The number of aliphatic hydroxyl groups excluding tert-OH is 1. The molecular formula is C26H30O2. The van der Waals surface area contributed by atoms with Crippen molar-refractivity contribution in [3.63, 3.8) is 0 Å². The highest BCUT2D eigenvalue weighted by molar-refractivity contribution is 5.95. The predicted molar refractivity (Wildman–Crippen MR) is 117 cm³/mol. The maximum atomic E-state index is 11.2. The van der Waals surface area contributed by atoms with Crippen LogP contribution in [0.1, 0.15) is 63.5 Å². The molecule has 0 bridgehead atoms. The van der Waals surface area contributed by atoms with E-state index in [2.05, 4.69) is 37.5 Å². The zero-order valence-corrected chi connectivity index (χ0v) is 16.9. The molecule has 1 N–H and O–H groups in total. The van der Waals surface area contributed by atoms with Gasteiger partial charge in [-0.3, -0.25) is 4.79 Å². The highest BCUT2D eigenvalue weighted by atomic mass is 16.3. The Bertz CT molecular complexity index is 786. The SMILES string of the molecule is CCCCC(=O)C#Cc1ccccc1.CCCCC(O)C#Cc1ccccc1. The summed E-state index contributed by atoms with van der Waals surface area (Å²) in [7, 11) is 0. The minimum atomic E-state index is -0.477. The number of Topliss-reactive ketones (excluding diaryl/α,β-unsaturated/α-hetero) is 1. The molecule has 1 atom stereocenters. The van der Waals surface area contributed by atoms with Gasteiger partial charge >= 0.3 is 0 Å². The Hall–Kier alpha value is -2.81. The van der Waals surface area contributed by atoms with E-state index in [-0.39, 0.29) is 5.78 Å². The van der Waals surface area contributed by atoms with Gasteiger partial charge in [0.15, 0.2) is 0 Å². The molecule has 0 saturated carbocycles. The van der Waals surface area contributed by atoms with Gasteiger partial charge in [0.2, 0.25) is 5.78 Å². The zero-order valence-electron chi connectivity index (χ0n) is 16.9. The first-order valence-electron chi connectivity index (χ1n) is 10.00. The van der Waals surface area contributed by atoms with Gasteiger partial charge in [-0.05, 0) is 43.0 Å². The maximum Gasteiger partial charge on any atom is 0.205 e. The van der Waals surface area contributed by atoms with E-state index in [9.17, 15) is 9.90 Å². The molecule has 0 aromatic heterocycles. The normalized spacial score (nSPS) is 10.2. The third-order valence-corrected chi connectivity index (χ3v) is 3.87. The number of aliphatic hydroxyl groups is 1. The monoisotopic (exact) mass is 374 g/mol. The van der Waals surface area contributed by atoms with Crippen LogP contribution in [0.2, 0.25) is 0 Å². The van der Waals surface area contributed by atoms with E-state index in [1.165, 1.54) is 0 Å². The fourth-order valence-electron chi connectivity index (χ4n) is 2.22. The van der Waals surface area contributed by atoms with Crippen LogP contribution in [0.15, 0.2) is 60.7 Å². The first kappa shape index (κ1) is 23.2. The van der Waals surface area contributed by atoms with Crippen LogP contribution in [-0.2, 0) is 4.79 Å². The van der Waals surface area contributed by atoms with Crippen molar-refractivity contribution < 1.29 is 9.90 Å². The van der Waals surface area contributed by atoms with Crippen molar-refractivity contribution in [2.45, 2.75) is 58.5 Å². The largest absolute Gasteiger partial charge is 0.380 e. The molecule has 0 amide bonds. The summed E-state index contributed by atoms with van der Waals surface area (Å²) in [5.74, 6) is 11.3. The maximum absolute atomic E-state index is 11.2. The van der Waals surface area contributed by atoms with Crippen molar-refractivity contribution in [2.75, 3.05) is 0 Å². The van der Waals surface area contributed by atoms with E-state index in [1.807, 2.05) is 60.7 Å². The first-order valence-corrected chi connectivity index (χ1v) is 10.00. The van der Waals surface area contributed by atoms with Gasteiger partial charge in [-0.1, -0.05) is 87.3 Å². The number of hydrogen-bond acceptors (Lipinski definition) is 2. The van der Waals surface area contributed by atoms with Crippen molar-refractivity contribution in [3.8, 4) is 23.7 Å². The Labute approximate surface area is 170 Å². The lowest BCUT2D eigenvalue weighted by molar-refractivity contribution is -0.113. The fourth-order valence-corrected chi connectivity index (χ4v) is 2.22. The summed E-state index contributed by atoms with van der Waals surface area (Å²) in [4.78, 5) is 11.2. The fraction of sp³-hybridized carbons (Fsp3) is 0.346. The molecular weight excluding hydrogens is 344 g/mol. The molecule has 2 aromatic rings. The lowest BCUT2D eigenvalue weighted by Gasteiger charge is -1.99. The van der Waals surface area contributed by atoms with Gasteiger partial charge in [-0.2, -0.15) is 0 Å². The Morgan fingerprint density at radius 3 is 1.93 bits per heavy atom. The van der Waals surface area contributed by atoms with Crippen molar-refractivity contribution in [1.29, 1.82) is 0 Å². The minimum Gasteiger partial charge on any atom is -0.380 e. The van der Waals surface area contributed by atoms with E-state index in [1.54, 1.807) is 0 Å². The average molecular weight is 375 g/mol. The smallest absolute Gasteiger partial charge is 0.205 e. The van der Waals surface area contributed by atoms with E-state index in [4.69, 9.17) is 0 Å². The van der Waals surface area contributed by atoms with Crippen LogP contribution in [-0.4, -0.2) is 17.0 Å². The van der Waals surface area contributed by atoms with Crippen LogP contribution in [0.5, 0.6) is 0 Å². The lowest BCUT2D eigenvalue weighted by Crippen LogP contribution is -2.01. The summed E-state index contributed by atoms with van der Waals surface area (Å²) < 4.78 is 0. The number of unbranched alkanes of at least 4 members (excludes halogenated alkanes) is 2. The van der Waals surface area contributed by atoms with E-state index in [0.717, 1.165) is 43.2 Å². The molecule has 2 nitrogen and oxygen atoms in total. The van der Waals surface area contributed by atoms with Crippen LogP contribution < -0.4 is 0 Å². The summed E-state index contributed by atoms with van der Waals surface area (Å²) in [6.07, 6.45) is 4.98. The summed E-state index contributed by atoms with van der Waals surface area (Å²) in [6.45, 7) is 4.18. The first-order chi connectivity index (χ1) is 13.7. The van der Waals surface area contributed by atoms with Gasteiger partial charge in [0, 0.05) is 17.5 Å². The topological polar surface area (TPSA) is 37.3 Å². The highest BCUT2D eigenvalue weighted by Crippen LogP contribution is 2.00. The second-order valence-electron chi connectivity index (χ2n) is 6.44. The molecule has 1 unspecified atom stereocenters.